The van der Waals surface area contributed by atoms with Gasteiger partial charge in [-0.1, -0.05) is 286 Å². The lowest BCUT2D eigenvalue weighted by molar-refractivity contribution is -0.305. The van der Waals surface area contributed by atoms with Crippen LogP contribution in [0.4, 0.5) is 0 Å². The third-order valence-electron chi connectivity index (χ3n) is 16.0. The van der Waals surface area contributed by atoms with Crippen molar-refractivity contribution >= 4 is 11.9 Å². The van der Waals surface area contributed by atoms with Crippen molar-refractivity contribution in [3.8, 4) is 0 Å². The summed E-state index contributed by atoms with van der Waals surface area (Å²) >= 11 is 0. The molecule has 1 fully saturated rings. The molecule has 0 aliphatic carbocycles. The third-order valence-corrected chi connectivity index (χ3v) is 16.0. The van der Waals surface area contributed by atoms with Gasteiger partial charge < -0.3 is 45.1 Å². The number of rotatable bonds is 59. The predicted molar refractivity (Wildman–Crippen MR) is 352 cm³/mol. The van der Waals surface area contributed by atoms with Crippen molar-refractivity contribution in [2.24, 2.45) is 0 Å². The van der Waals surface area contributed by atoms with Crippen molar-refractivity contribution in [1.29, 1.82) is 0 Å². The van der Waals surface area contributed by atoms with Crippen LogP contribution in [0, 0.1) is 0 Å². The zero-order valence-corrected chi connectivity index (χ0v) is 54.0. The van der Waals surface area contributed by atoms with Crippen LogP contribution in [0.25, 0.3) is 0 Å². The van der Waals surface area contributed by atoms with Crippen molar-refractivity contribution in [3.63, 3.8) is 0 Å². The normalized spacial score (nSPS) is 19.0. The number of carbonyl (C=O) groups is 2. The summed E-state index contributed by atoms with van der Waals surface area (Å²) in [7, 11) is 0. The lowest BCUT2D eigenvalue weighted by Gasteiger charge is -2.41. The van der Waals surface area contributed by atoms with Crippen molar-refractivity contribution in [3.05, 3.63) is 85.1 Å². The Hall–Kier alpha value is -3.16. The standard InChI is InChI=1S/C73H129NO10/c1-4-7-10-13-16-19-22-25-27-29-30-31-32-33-34-35-36-37-39-40-42-45-48-51-54-57-60-66(77)72(81)74-64(65(76)59-56-53-50-47-44-24-21-18-15-12-9-6-3)63-82-73-71(70(80)69(79)67(62-75)83-73)84-68(78)61-58-55-52-49-46-43-41-38-28-26-23-20-17-14-11-8-5-2/h7,10,16,19,25-28,30-31,33-34,56,59,64-67,69-71,73,75-77,79-80H,4-6,8-9,11-15,17-18,20-24,29,32,35-55,57-58,60-63H2,1-3H3,(H,74,81)/b10-7-,19-16-,27-25-,28-26+,31-30-,34-33-,59-56+. The minimum atomic E-state index is -1.62. The Morgan fingerprint density at radius 2 is 0.857 bits per heavy atom. The lowest BCUT2D eigenvalue weighted by Crippen LogP contribution is -2.61. The summed E-state index contributed by atoms with van der Waals surface area (Å²) in [5.41, 5.74) is 0. The summed E-state index contributed by atoms with van der Waals surface area (Å²) in [5.74, 6) is -1.20. The molecule has 11 nitrogen and oxygen atoms in total. The molecule has 0 radical (unpaired) electrons. The van der Waals surface area contributed by atoms with E-state index in [1.807, 2.05) is 6.08 Å². The number of carbonyl (C=O) groups excluding carboxylic acids is 2. The van der Waals surface area contributed by atoms with E-state index in [-0.39, 0.29) is 19.4 Å². The average Bonchev–Trinajstić information content (AvgIpc) is 3.67. The van der Waals surface area contributed by atoms with Crippen molar-refractivity contribution < 1.29 is 49.3 Å². The van der Waals surface area contributed by atoms with Crippen LogP contribution in [-0.4, -0.2) is 99.6 Å². The molecule has 0 bridgehead atoms. The first kappa shape index (κ1) is 78.9. The van der Waals surface area contributed by atoms with Gasteiger partial charge in [-0.15, -0.1) is 0 Å². The molecule has 8 unspecified atom stereocenters. The van der Waals surface area contributed by atoms with E-state index >= 15 is 0 Å². The molecule has 8 atom stereocenters. The first-order valence-corrected chi connectivity index (χ1v) is 34.9. The van der Waals surface area contributed by atoms with Crippen LogP contribution < -0.4 is 5.32 Å². The molecule has 6 N–H and O–H groups in total. The monoisotopic (exact) mass is 1180 g/mol. The van der Waals surface area contributed by atoms with Gasteiger partial charge in [0.1, 0.15) is 24.4 Å². The van der Waals surface area contributed by atoms with Gasteiger partial charge in [0.25, 0.3) is 0 Å². The van der Waals surface area contributed by atoms with Crippen molar-refractivity contribution in [1.82, 2.24) is 5.32 Å². The Balaban J connectivity index is 2.58. The smallest absolute Gasteiger partial charge is 0.306 e. The maximum atomic E-state index is 13.5. The second-order valence-corrected chi connectivity index (χ2v) is 23.9. The quantitative estimate of drug-likeness (QED) is 0.0195. The number of aliphatic hydroxyl groups excluding tert-OH is 5. The average molecular weight is 1180 g/mol. The van der Waals surface area contributed by atoms with E-state index in [4.69, 9.17) is 14.2 Å². The molecule has 1 heterocycles. The number of amides is 1. The summed E-state index contributed by atoms with van der Waals surface area (Å²) in [6, 6.07) is -1.03. The van der Waals surface area contributed by atoms with Gasteiger partial charge in [0.05, 0.1) is 25.4 Å². The number of hydrogen-bond donors (Lipinski definition) is 6. The summed E-state index contributed by atoms with van der Waals surface area (Å²) in [6.07, 6.45) is 69.0. The van der Waals surface area contributed by atoms with Gasteiger partial charge >= 0.3 is 5.97 Å². The van der Waals surface area contributed by atoms with Gasteiger partial charge in [0.2, 0.25) is 5.91 Å². The minimum absolute atomic E-state index is 0.117. The molecule has 0 aromatic heterocycles. The van der Waals surface area contributed by atoms with Gasteiger partial charge in [0.15, 0.2) is 12.4 Å². The van der Waals surface area contributed by atoms with E-state index in [0.29, 0.717) is 12.8 Å². The Morgan fingerprint density at radius 1 is 0.476 bits per heavy atom. The first-order valence-electron chi connectivity index (χ1n) is 34.9. The Morgan fingerprint density at radius 3 is 1.30 bits per heavy atom. The van der Waals surface area contributed by atoms with E-state index in [1.165, 1.54) is 148 Å². The highest BCUT2D eigenvalue weighted by Gasteiger charge is 2.47. The largest absolute Gasteiger partial charge is 0.454 e. The minimum Gasteiger partial charge on any atom is -0.454 e. The molecular weight excluding hydrogens is 1050 g/mol. The first-order chi connectivity index (χ1) is 41.2. The molecule has 0 saturated carbocycles. The lowest BCUT2D eigenvalue weighted by atomic mass is 9.99. The summed E-state index contributed by atoms with van der Waals surface area (Å²) in [6.45, 7) is 5.69. The maximum absolute atomic E-state index is 13.5. The van der Waals surface area contributed by atoms with Crippen LogP contribution in [-0.2, 0) is 23.8 Å². The molecule has 11 heteroatoms. The molecular formula is C73H129NO10. The van der Waals surface area contributed by atoms with Gasteiger partial charge in [-0.05, 0) is 96.3 Å². The number of esters is 1. The number of nitrogens with one attached hydrogen (secondary N) is 1. The number of aliphatic hydroxyl groups is 5. The second-order valence-electron chi connectivity index (χ2n) is 23.9. The van der Waals surface area contributed by atoms with Crippen LogP contribution in [0.5, 0.6) is 0 Å². The highest BCUT2D eigenvalue weighted by molar-refractivity contribution is 5.80. The van der Waals surface area contributed by atoms with E-state index < -0.39 is 67.4 Å². The van der Waals surface area contributed by atoms with E-state index in [2.05, 4.69) is 99.0 Å². The highest BCUT2D eigenvalue weighted by atomic mass is 16.7. The number of allylic oxidation sites excluding steroid dienone is 13. The predicted octanol–water partition coefficient (Wildman–Crippen LogP) is 17.7. The second kappa shape index (κ2) is 60.1. The van der Waals surface area contributed by atoms with Gasteiger partial charge in [0, 0.05) is 6.42 Å². The highest BCUT2D eigenvalue weighted by Crippen LogP contribution is 2.26. The topological polar surface area (TPSA) is 175 Å². The van der Waals surface area contributed by atoms with Crippen molar-refractivity contribution in [2.45, 2.75) is 352 Å². The van der Waals surface area contributed by atoms with E-state index in [0.717, 1.165) is 109 Å². The zero-order chi connectivity index (χ0) is 61.0. The fourth-order valence-electron chi connectivity index (χ4n) is 10.6. The third kappa shape index (κ3) is 47.0. The van der Waals surface area contributed by atoms with Crippen LogP contribution in [0.1, 0.15) is 303 Å². The van der Waals surface area contributed by atoms with Crippen LogP contribution in [0.3, 0.4) is 0 Å². The molecule has 1 rings (SSSR count). The van der Waals surface area contributed by atoms with Gasteiger partial charge in [-0.25, -0.2) is 0 Å². The zero-order valence-electron chi connectivity index (χ0n) is 54.0. The fraction of sp³-hybridized carbons (Fsp3) is 0.781. The summed E-state index contributed by atoms with van der Waals surface area (Å²) in [4.78, 5) is 26.6. The molecule has 1 aliphatic heterocycles. The molecule has 0 aromatic carbocycles. The number of ether oxygens (including phenoxy) is 3. The Kier molecular flexibility index (Phi) is 56.5. The van der Waals surface area contributed by atoms with Crippen LogP contribution >= 0.6 is 0 Å². The maximum Gasteiger partial charge on any atom is 0.306 e. The molecule has 0 aromatic rings. The number of unbranched alkanes of at least 4 members (excludes halogenated alkanes) is 33. The van der Waals surface area contributed by atoms with E-state index in [9.17, 15) is 35.1 Å². The van der Waals surface area contributed by atoms with Gasteiger partial charge in [-0.3, -0.25) is 9.59 Å². The van der Waals surface area contributed by atoms with E-state index in [1.54, 1.807) is 6.08 Å². The SMILES string of the molecule is CC/C=C\C/C=C\C/C=C\C/C=C\C/C=C\CCCCCCCCCCCCC(O)C(=O)NC(COC1OC(CO)C(O)C(O)C1OC(=O)CCCCCCCCC/C=C/CCCCCCCC)C(O)/C=C/CCCCCCCCCCCC. The molecule has 84 heavy (non-hydrogen) atoms. The number of hydrogen-bond acceptors (Lipinski definition) is 10. The van der Waals surface area contributed by atoms with Crippen LogP contribution in [0.15, 0.2) is 85.1 Å². The fourth-order valence-corrected chi connectivity index (χ4v) is 10.6. The van der Waals surface area contributed by atoms with Gasteiger partial charge in [-0.2, -0.15) is 0 Å². The molecule has 1 saturated heterocycles. The molecule has 1 amide bonds. The van der Waals surface area contributed by atoms with Crippen molar-refractivity contribution in [2.75, 3.05) is 13.2 Å². The summed E-state index contributed by atoms with van der Waals surface area (Å²) in [5, 5.41) is 57.2. The van der Waals surface area contributed by atoms with Crippen LogP contribution in [0.2, 0.25) is 0 Å². The Labute approximate surface area is 514 Å². The summed E-state index contributed by atoms with van der Waals surface area (Å²) < 4.78 is 17.7. The molecule has 486 valence electrons. The Bertz CT molecular complexity index is 1690. The molecule has 1 aliphatic rings. The molecule has 0 spiro atoms.